The van der Waals surface area contributed by atoms with Gasteiger partial charge < -0.3 is 19.9 Å². The van der Waals surface area contributed by atoms with Crippen molar-refractivity contribution in [2.24, 2.45) is 0 Å². The summed E-state index contributed by atoms with van der Waals surface area (Å²) in [6.45, 7) is 1.95. The van der Waals surface area contributed by atoms with Gasteiger partial charge in [-0.1, -0.05) is 0 Å². The zero-order valence-electron chi connectivity index (χ0n) is 12.4. The number of aliphatic hydroxyl groups excluding tert-OH is 1. The number of aromatic nitrogens is 1. The predicted molar refractivity (Wildman–Crippen MR) is 83.5 cm³/mol. The first kappa shape index (κ1) is 16.3. The summed E-state index contributed by atoms with van der Waals surface area (Å²) >= 11 is 1.50. The van der Waals surface area contributed by atoms with Crippen LogP contribution in [0.15, 0.2) is 29.1 Å². The van der Waals surface area contributed by atoms with E-state index >= 15 is 0 Å². The monoisotopic (exact) mass is 322 g/mol. The molecule has 2 aromatic rings. The lowest BCUT2D eigenvalue weighted by molar-refractivity contribution is 0.0922. The number of amides is 1. The molecule has 0 aliphatic carbocycles. The van der Waals surface area contributed by atoms with E-state index in [2.05, 4.69) is 10.3 Å². The third-order valence-electron chi connectivity index (χ3n) is 2.94. The van der Waals surface area contributed by atoms with Crippen molar-refractivity contribution < 1.29 is 19.4 Å². The fraction of sp³-hybridized carbons (Fsp3) is 0.333. The van der Waals surface area contributed by atoms with Gasteiger partial charge in [-0.15, -0.1) is 11.3 Å². The summed E-state index contributed by atoms with van der Waals surface area (Å²) in [6.07, 6.45) is 0. The molecule has 1 aromatic carbocycles. The molecule has 1 heterocycles. The molecule has 22 heavy (non-hydrogen) atoms. The number of benzene rings is 1. The van der Waals surface area contributed by atoms with E-state index in [0.29, 0.717) is 23.7 Å². The fourth-order valence-electron chi connectivity index (χ4n) is 1.74. The van der Waals surface area contributed by atoms with Crippen LogP contribution >= 0.6 is 11.3 Å². The second-order valence-electron chi connectivity index (χ2n) is 4.69. The Morgan fingerprint density at radius 1 is 1.45 bits per heavy atom. The van der Waals surface area contributed by atoms with Gasteiger partial charge in [0.15, 0.2) is 11.5 Å². The maximum atomic E-state index is 12.0. The predicted octanol–water partition coefficient (Wildman–Crippen LogP) is 1.84. The largest absolute Gasteiger partial charge is 0.493 e. The van der Waals surface area contributed by atoms with Gasteiger partial charge in [-0.2, -0.15) is 0 Å². The highest BCUT2D eigenvalue weighted by atomic mass is 32.1. The zero-order chi connectivity index (χ0) is 15.9. The molecule has 0 radical (unpaired) electrons. The highest BCUT2D eigenvalue weighted by Gasteiger charge is 2.13. The van der Waals surface area contributed by atoms with E-state index in [4.69, 9.17) is 14.6 Å². The lowest BCUT2D eigenvalue weighted by atomic mass is 10.1. The molecule has 0 aliphatic rings. The SMILES string of the molecule is COc1cc(C(=O)NC(C)CO)ccc1OCc1cscn1. The molecule has 0 bridgehead atoms. The van der Waals surface area contributed by atoms with Crippen LogP contribution in [0.3, 0.4) is 0 Å². The van der Waals surface area contributed by atoms with Crippen LogP contribution in [0.1, 0.15) is 23.0 Å². The van der Waals surface area contributed by atoms with E-state index in [1.165, 1.54) is 18.4 Å². The van der Waals surface area contributed by atoms with Crippen LogP contribution in [0, 0.1) is 0 Å². The summed E-state index contributed by atoms with van der Waals surface area (Å²) in [5, 5.41) is 13.6. The molecule has 0 saturated carbocycles. The molecule has 1 amide bonds. The van der Waals surface area contributed by atoms with Gasteiger partial charge in [0, 0.05) is 17.0 Å². The highest BCUT2D eigenvalue weighted by Crippen LogP contribution is 2.28. The van der Waals surface area contributed by atoms with Crippen LogP contribution in [0.5, 0.6) is 11.5 Å². The van der Waals surface area contributed by atoms with Gasteiger partial charge in [-0.05, 0) is 25.1 Å². The van der Waals surface area contributed by atoms with Gasteiger partial charge >= 0.3 is 0 Å². The number of nitrogens with zero attached hydrogens (tertiary/aromatic N) is 1. The molecule has 0 saturated heterocycles. The van der Waals surface area contributed by atoms with Gasteiger partial charge in [-0.25, -0.2) is 4.98 Å². The molecular weight excluding hydrogens is 304 g/mol. The maximum absolute atomic E-state index is 12.0. The Morgan fingerprint density at radius 3 is 2.91 bits per heavy atom. The van der Waals surface area contributed by atoms with Crippen LogP contribution in [0.2, 0.25) is 0 Å². The number of hydrogen-bond donors (Lipinski definition) is 2. The lowest BCUT2D eigenvalue weighted by Crippen LogP contribution is -2.34. The topological polar surface area (TPSA) is 80.7 Å². The first-order valence-corrected chi connectivity index (χ1v) is 7.68. The molecule has 1 atom stereocenters. The molecule has 2 N–H and O–H groups in total. The van der Waals surface area contributed by atoms with Crippen LogP contribution in [0.4, 0.5) is 0 Å². The summed E-state index contributed by atoms with van der Waals surface area (Å²) < 4.78 is 10.9. The van der Waals surface area contributed by atoms with Crippen molar-refractivity contribution in [2.45, 2.75) is 19.6 Å². The molecule has 0 spiro atoms. The van der Waals surface area contributed by atoms with E-state index in [-0.39, 0.29) is 18.6 Å². The average Bonchev–Trinajstić information content (AvgIpc) is 3.05. The Bertz CT molecular complexity index is 616. The molecule has 1 aromatic heterocycles. The summed E-state index contributed by atoms with van der Waals surface area (Å²) in [6, 6.07) is 4.64. The molecule has 0 aliphatic heterocycles. The normalized spacial score (nSPS) is 11.8. The molecule has 2 rings (SSSR count). The quantitative estimate of drug-likeness (QED) is 0.813. The van der Waals surface area contributed by atoms with Gasteiger partial charge in [0.05, 0.1) is 24.9 Å². The first-order chi connectivity index (χ1) is 10.6. The van der Waals surface area contributed by atoms with E-state index in [1.807, 2.05) is 5.38 Å². The van der Waals surface area contributed by atoms with Crippen molar-refractivity contribution in [3.05, 3.63) is 40.3 Å². The Balaban J connectivity index is 2.08. The summed E-state index contributed by atoms with van der Waals surface area (Å²) in [5.74, 6) is 0.743. The average molecular weight is 322 g/mol. The Morgan fingerprint density at radius 2 is 2.27 bits per heavy atom. The van der Waals surface area contributed by atoms with Crippen molar-refractivity contribution in [3.63, 3.8) is 0 Å². The van der Waals surface area contributed by atoms with Gasteiger partial charge in [0.1, 0.15) is 6.61 Å². The number of hydrogen-bond acceptors (Lipinski definition) is 6. The zero-order valence-corrected chi connectivity index (χ0v) is 13.2. The van der Waals surface area contributed by atoms with E-state index < -0.39 is 0 Å². The van der Waals surface area contributed by atoms with Crippen molar-refractivity contribution in [3.8, 4) is 11.5 Å². The maximum Gasteiger partial charge on any atom is 0.251 e. The van der Waals surface area contributed by atoms with Crippen molar-refractivity contribution in [1.29, 1.82) is 0 Å². The minimum Gasteiger partial charge on any atom is -0.493 e. The van der Waals surface area contributed by atoms with Crippen LogP contribution in [-0.2, 0) is 6.61 Å². The molecular formula is C15H18N2O4S. The number of thiazole rings is 1. The van der Waals surface area contributed by atoms with Gasteiger partial charge in [0.25, 0.3) is 5.91 Å². The van der Waals surface area contributed by atoms with Crippen LogP contribution < -0.4 is 14.8 Å². The highest BCUT2D eigenvalue weighted by molar-refractivity contribution is 7.07. The molecule has 7 heteroatoms. The lowest BCUT2D eigenvalue weighted by Gasteiger charge is -2.13. The number of nitrogens with one attached hydrogen (secondary N) is 1. The third-order valence-corrected chi connectivity index (χ3v) is 3.57. The van der Waals surface area contributed by atoms with E-state index in [1.54, 1.807) is 30.6 Å². The van der Waals surface area contributed by atoms with Crippen molar-refractivity contribution >= 4 is 17.2 Å². The second-order valence-corrected chi connectivity index (χ2v) is 5.41. The van der Waals surface area contributed by atoms with Crippen LogP contribution in [-0.4, -0.2) is 35.8 Å². The third kappa shape index (κ3) is 4.19. The minimum absolute atomic E-state index is 0.113. The number of aliphatic hydroxyl groups is 1. The fourth-order valence-corrected chi connectivity index (χ4v) is 2.28. The Kier molecular flexibility index (Phi) is 5.74. The van der Waals surface area contributed by atoms with E-state index in [0.717, 1.165) is 5.69 Å². The summed E-state index contributed by atoms with van der Waals surface area (Å²) in [4.78, 5) is 16.2. The van der Waals surface area contributed by atoms with Crippen LogP contribution in [0.25, 0.3) is 0 Å². The number of carbonyl (C=O) groups excluding carboxylic acids is 1. The molecule has 1 unspecified atom stereocenters. The van der Waals surface area contributed by atoms with E-state index in [9.17, 15) is 4.79 Å². The van der Waals surface area contributed by atoms with Gasteiger partial charge in [0.2, 0.25) is 0 Å². The molecule has 0 fully saturated rings. The number of rotatable bonds is 7. The summed E-state index contributed by atoms with van der Waals surface area (Å²) in [7, 11) is 1.52. The molecule has 118 valence electrons. The number of carbonyl (C=O) groups is 1. The minimum atomic E-state index is -0.306. The smallest absolute Gasteiger partial charge is 0.251 e. The molecule has 6 nitrogen and oxygen atoms in total. The number of methoxy groups -OCH3 is 1. The second kappa shape index (κ2) is 7.77. The standard InChI is InChI=1S/C15H18N2O4S/c1-10(6-18)17-15(19)11-3-4-13(14(5-11)20-2)21-7-12-8-22-9-16-12/h3-5,8-10,18H,6-7H2,1-2H3,(H,17,19). The van der Waals surface area contributed by atoms with Crippen molar-refractivity contribution in [1.82, 2.24) is 10.3 Å². The Labute approximate surface area is 132 Å². The Hall–Kier alpha value is -2.12. The van der Waals surface area contributed by atoms with Crippen molar-refractivity contribution in [2.75, 3.05) is 13.7 Å². The number of ether oxygens (including phenoxy) is 2. The first-order valence-electron chi connectivity index (χ1n) is 6.73. The van der Waals surface area contributed by atoms with Gasteiger partial charge in [-0.3, -0.25) is 4.79 Å². The summed E-state index contributed by atoms with van der Waals surface area (Å²) in [5.41, 5.74) is 3.02.